The molecule has 1 aromatic heterocycles. The highest BCUT2D eigenvalue weighted by Gasteiger charge is 2.12. The van der Waals surface area contributed by atoms with Gasteiger partial charge < -0.3 is 4.52 Å². The van der Waals surface area contributed by atoms with Crippen LogP contribution in [-0.2, 0) is 6.42 Å². The second-order valence-corrected chi connectivity index (χ2v) is 4.27. The van der Waals surface area contributed by atoms with E-state index in [1.165, 1.54) is 12.1 Å². The highest BCUT2D eigenvalue weighted by atomic mass is 35.5. The first kappa shape index (κ1) is 12.0. The molecule has 0 bridgehead atoms. The normalized spacial score (nSPS) is 12.7. The summed E-state index contributed by atoms with van der Waals surface area (Å²) in [7, 11) is 0. The van der Waals surface area contributed by atoms with Crippen molar-refractivity contribution in [1.82, 2.24) is 10.1 Å². The number of benzene rings is 1. The topological polar surface area (TPSA) is 38.9 Å². The summed E-state index contributed by atoms with van der Waals surface area (Å²) >= 11 is 5.75. The molecule has 0 aliphatic heterocycles. The molecule has 3 nitrogen and oxygen atoms in total. The first-order valence-corrected chi connectivity index (χ1v) is 5.40. The molecule has 0 N–H and O–H groups in total. The molecule has 1 atom stereocenters. The maximum absolute atomic E-state index is 12.9. The van der Waals surface area contributed by atoms with Crippen LogP contribution in [0, 0.1) is 11.6 Å². The van der Waals surface area contributed by atoms with E-state index in [0.29, 0.717) is 17.3 Å². The van der Waals surface area contributed by atoms with Gasteiger partial charge in [0.05, 0.1) is 0 Å². The van der Waals surface area contributed by atoms with Gasteiger partial charge in [0.1, 0.15) is 17.0 Å². The molecule has 0 saturated carbocycles. The van der Waals surface area contributed by atoms with Gasteiger partial charge in [-0.05, 0) is 24.6 Å². The minimum absolute atomic E-state index is 0.196. The lowest BCUT2D eigenvalue weighted by atomic mass is 10.1. The van der Waals surface area contributed by atoms with Crippen molar-refractivity contribution in [2.75, 3.05) is 0 Å². The summed E-state index contributed by atoms with van der Waals surface area (Å²) in [5.41, 5.74) is 0.442. The van der Waals surface area contributed by atoms with Gasteiger partial charge in [-0.1, -0.05) is 5.16 Å². The predicted molar refractivity (Wildman–Crippen MR) is 57.7 cm³/mol. The van der Waals surface area contributed by atoms with Crippen molar-refractivity contribution in [2.24, 2.45) is 0 Å². The lowest BCUT2D eigenvalue weighted by Gasteiger charge is -1.97. The molecule has 0 radical (unpaired) electrons. The van der Waals surface area contributed by atoms with Crippen LogP contribution in [0.15, 0.2) is 22.7 Å². The van der Waals surface area contributed by atoms with Crippen LogP contribution in [0.4, 0.5) is 8.78 Å². The number of hydrogen-bond donors (Lipinski definition) is 0. The van der Waals surface area contributed by atoms with Gasteiger partial charge in [-0.3, -0.25) is 0 Å². The van der Waals surface area contributed by atoms with E-state index in [1.807, 2.05) is 0 Å². The second kappa shape index (κ2) is 4.79. The Bertz CT molecular complexity index is 508. The van der Waals surface area contributed by atoms with Crippen molar-refractivity contribution < 1.29 is 13.3 Å². The van der Waals surface area contributed by atoms with Gasteiger partial charge >= 0.3 is 0 Å². The molecule has 0 spiro atoms. The minimum Gasteiger partial charge on any atom is -0.338 e. The Hall–Kier alpha value is -1.49. The number of nitrogens with zero attached hydrogens (tertiary/aromatic N) is 2. The van der Waals surface area contributed by atoms with Crippen LogP contribution in [0.1, 0.15) is 29.6 Å². The van der Waals surface area contributed by atoms with Gasteiger partial charge in [0.2, 0.25) is 5.89 Å². The average Bonchev–Trinajstić information content (AvgIpc) is 2.64. The van der Waals surface area contributed by atoms with Crippen molar-refractivity contribution in [2.45, 2.75) is 18.7 Å². The number of hydrogen-bond acceptors (Lipinski definition) is 3. The Morgan fingerprint density at radius 1 is 1.29 bits per heavy atom. The summed E-state index contributed by atoms with van der Waals surface area (Å²) in [6.07, 6.45) is 0.196. The van der Waals surface area contributed by atoms with Crippen LogP contribution >= 0.6 is 11.6 Å². The third-order valence-corrected chi connectivity index (χ3v) is 2.30. The molecular weight excluding hydrogens is 250 g/mol. The highest BCUT2D eigenvalue weighted by molar-refractivity contribution is 6.20. The quantitative estimate of drug-likeness (QED) is 0.794. The molecule has 0 saturated heterocycles. The monoisotopic (exact) mass is 258 g/mol. The summed E-state index contributed by atoms with van der Waals surface area (Å²) < 4.78 is 30.8. The standard InChI is InChI=1S/C11H9ClF2N2O/c1-6(12)11-15-10(16-17-11)4-7-2-8(13)5-9(14)3-7/h2-3,5-6H,4H2,1H3. The van der Waals surface area contributed by atoms with Gasteiger partial charge in [0.25, 0.3) is 0 Å². The molecule has 1 heterocycles. The zero-order valence-corrected chi connectivity index (χ0v) is 9.71. The van der Waals surface area contributed by atoms with Gasteiger partial charge in [0.15, 0.2) is 5.82 Å². The number of aromatic nitrogens is 2. The van der Waals surface area contributed by atoms with E-state index in [0.717, 1.165) is 6.07 Å². The molecule has 0 amide bonds. The van der Waals surface area contributed by atoms with Crippen molar-refractivity contribution in [3.63, 3.8) is 0 Å². The fourth-order valence-corrected chi connectivity index (χ4v) is 1.49. The van der Waals surface area contributed by atoms with E-state index >= 15 is 0 Å². The molecule has 0 fully saturated rings. The van der Waals surface area contributed by atoms with Crippen molar-refractivity contribution in [3.8, 4) is 0 Å². The summed E-state index contributed by atoms with van der Waals surface area (Å²) in [4.78, 5) is 4.01. The number of halogens is 3. The zero-order valence-electron chi connectivity index (χ0n) is 8.95. The molecule has 0 aliphatic carbocycles. The Labute approximate surface area is 101 Å². The molecule has 2 aromatic rings. The largest absolute Gasteiger partial charge is 0.338 e. The van der Waals surface area contributed by atoms with Gasteiger partial charge in [-0.15, -0.1) is 11.6 Å². The van der Waals surface area contributed by atoms with Crippen LogP contribution in [0.2, 0.25) is 0 Å². The first-order valence-electron chi connectivity index (χ1n) is 4.96. The summed E-state index contributed by atoms with van der Waals surface area (Å²) in [5.74, 6) is -0.625. The van der Waals surface area contributed by atoms with Crippen LogP contribution in [0.3, 0.4) is 0 Å². The summed E-state index contributed by atoms with van der Waals surface area (Å²) in [6, 6.07) is 3.26. The smallest absolute Gasteiger partial charge is 0.244 e. The van der Waals surface area contributed by atoms with E-state index in [9.17, 15) is 8.78 Å². The van der Waals surface area contributed by atoms with E-state index in [1.54, 1.807) is 6.92 Å². The molecule has 6 heteroatoms. The SMILES string of the molecule is CC(Cl)c1nc(Cc2cc(F)cc(F)c2)no1. The van der Waals surface area contributed by atoms with Crippen molar-refractivity contribution >= 4 is 11.6 Å². The van der Waals surface area contributed by atoms with Crippen molar-refractivity contribution in [3.05, 3.63) is 47.1 Å². The van der Waals surface area contributed by atoms with Crippen LogP contribution in [0.5, 0.6) is 0 Å². The number of rotatable bonds is 3. The van der Waals surface area contributed by atoms with Crippen LogP contribution in [-0.4, -0.2) is 10.1 Å². The van der Waals surface area contributed by atoms with Crippen LogP contribution in [0.25, 0.3) is 0 Å². The molecule has 1 unspecified atom stereocenters. The predicted octanol–water partition coefficient (Wildman–Crippen LogP) is 3.24. The maximum atomic E-state index is 12.9. The average molecular weight is 259 g/mol. The molecule has 1 aromatic carbocycles. The molecule has 90 valence electrons. The van der Waals surface area contributed by atoms with Gasteiger partial charge in [0, 0.05) is 12.5 Å². The van der Waals surface area contributed by atoms with E-state index in [-0.39, 0.29) is 11.8 Å². The van der Waals surface area contributed by atoms with Gasteiger partial charge in [-0.2, -0.15) is 4.98 Å². The number of alkyl halides is 1. The fraction of sp³-hybridized carbons (Fsp3) is 0.273. The van der Waals surface area contributed by atoms with E-state index in [2.05, 4.69) is 10.1 Å². The highest BCUT2D eigenvalue weighted by Crippen LogP contribution is 2.18. The molecule has 0 aliphatic rings. The third kappa shape index (κ3) is 3.00. The summed E-state index contributed by atoms with van der Waals surface area (Å²) in [5, 5.41) is 3.29. The fourth-order valence-electron chi connectivity index (χ4n) is 1.40. The Kier molecular flexibility index (Phi) is 3.38. The maximum Gasteiger partial charge on any atom is 0.244 e. The van der Waals surface area contributed by atoms with E-state index in [4.69, 9.17) is 16.1 Å². The molecule has 2 rings (SSSR count). The molecule has 17 heavy (non-hydrogen) atoms. The van der Waals surface area contributed by atoms with Crippen LogP contribution < -0.4 is 0 Å². The lowest BCUT2D eigenvalue weighted by Crippen LogP contribution is -1.94. The zero-order chi connectivity index (χ0) is 12.4. The first-order chi connectivity index (χ1) is 8.04. The molecular formula is C11H9ClF2N2O. The minimum atomic E-state index is -0.630. The Morgan fingerprint density at radius 3 is 2.47 bits per heavy atom. The lowest BCUT2D eigenvalue weighted by molar-refractivity contribution is 0.374. The Morgan fingerprint density at radius 2 is 1.94 bits per heavy atom. The van der Waals surface area contributed by atoms with Gasteiger partial charge in [-0.25, -0.2) is 8.78 Å². The third-order valence-electron chi connectivity index (χ3n) is 2.11. The Balaban J connectivity index is 2.19. The van der Waals surface area contributed by atoms with E-state index < -0.39 is 11.6 Å². The summed E-state index contributed by atoms with van der Waals surface area (Å²) in [6.45, 7) is 1.70. The second-order valence-electron chi connectivity index (χ2n) is 3.62. The van der Waals surface area contributed by atoms with Crippen molar-refractivity contribution in [1.29, 1.82) is 0 Å².